The van der Waals surface area contributed by atoms with Gasteiger partial charge in [0.1, 0.15) is 6.54 Å². The van der Waals surface area contributed by atoms with Crippen LogP contribution in [-0.4, -0.2) is 35.6 Å². The lowest BCUT2D eigenvalue weighted by molar-refractivity contribution is -0.116. The number of nitrogens with two attached hydrogens (primary N) is 1. The van der Waals surface area contributed by atoms with Gasteiger partial charge in [0.2, 0.25) is 5.91 Å². The summed E-state index contributed by atoms with van der Waals surface area (Å²) in [5, 5.41) is 7.34. The molecule has 3 amide bonds. The predicted molar refractivity (Wildman–Crippen MR) is 120 cm³/mol. The third kappa shape index (κ3) is 3.88. The van der Waals surface area contributed by atoms with Gasteiger partial charge in [0.25, 0.3) is 5.56 Å². The molecule has 4 aromatic rings. The molecule has 4 N–H and O–H groups in total. The number of aryl methyl sites for hydroxylation is 1. The Hall–Kier alpha value is -4.26. The van der Waals surface area contributed by atoms with Crippen molar-refractivity contribution in [1.29, 1.82) is 0 Å². The topological polar surface area (TPSA) is 159 Å². The van der Waals surface area contributed by atoms with E-state index in [1.807, 2.05) is 0 Å². The number of amides is 3. The fourth-order valence-electron chi connectivity index (χ4n) is 3.16. The van der Waals surface area contributed by atoms with E-state index in [0.29, 0.717) is 16.5 Å². The highest BCUT2D eigenvalue weighted by Gasteiger charge is 2.16. The lowest BCUT2D eigenvalue weighted by Crippen LogP contribution is -2.37. The molecule has 32 heavy (non-hydrogen) atoms. The number of primary amides is 1. The van der Waals surface area contributed by atoms with Gasteiger partial charge in [-0.15, -0.1) is 11.3 Å². The maximum absolute atomic E-state index is 12.5. The van der Waals surface area contributed by atoms with Gasteiger partial charge in [0.05, 0.1) is 12.0 Å². The number of carbonyl (C=O) groups is 2. The molecule has 164 valence electrons. The zero-order valence-corrected chi connectivity index (χ0v) is 17.8. The predicted octanol–water partition coefficient (Wildman–Crippen LogP) is 0.686. The summed E-state index contributed by atoms with van der Waals surface area (Å²) >= 11 is 1.24. The van der Waals surface area contributed by atoms with Crippen LogP contribution in [0.1, 0.15) is 0 Å². The summed E-state index contributed by atoms with van der Waals surface area (Å²) in [6, 6.07) is 6.26. The van der Waals surface area contributed by atoms with Crippen LogP contribution >= 0.6 is 11.3 Å². The SMILES string of the molecule is Cn1c(=O)c2c(ncn2CC(=O)Nc2nc(-c3ccc(NC(N)=O)cc3)cs2)n(C)c1=O. The van der Waals surface area contributed by atoms with Gasteiger partial charge in [-0.1, -0.05) is 12.1 Å². The molecule has 12 nitrogen and oxygen atoms in total. The number of aromatic nitrogens is 5. The van der Waals surface area contributed by atoms with Gasteiger partial charge in [-0.2, -0.15) is 0 Å². The second-order valence-electron chi connectivity index (χ2n) is 6.90. The van der Waals surface area contributed by atoms with Crippen molar-refractivity contribution < 1.29 is 9.59 Å². The summed E-state index contributed by atoms with van der Waals surface area (Å²) in [5.74, 6) is -0.401. The molecule has 0 saturated carbocycles. The Morgan fingerprint density at radius 3 is 2.50 bits per heavy atom. The van der Waals surface area contributed by atoms with Crippen LogP contribution in [0.4, 0.5) is 15.6 Å². The summed E-state index contributed by atoms with van der Waals surface area (Å²) in [6.45, 7) is -0.174. The van der Waals surface area contributed by atoms with Crippen molar-refractivity contribution >= 4 is 45.3 Å². The number of thiazole rings is 1. The summed E-state index contributed by atoms with van der Waals surface area (Å²) < 4.78 is 3.61. The number of nitrogens with zero attached hydrogens (tertiary/aromatic N) is 5. The fourth-order valence-corrected chi connectivity index (χ4v) is 3.90. The highest BCUT2D eigenvalue weighted by molar-refractivity contribution is 7.14. The molecule has 4 rings (SSSR count). The van der Waals surface area contributed by atoms with Crippen molar-refractivity contribution in [1.82, 2.24) is 23.7 Å². The lowest BCUT2D eigenvalue weighted by Gasteiger charge is -2.06. The van der Waals surface area contributed by atoms with Crippen LogP contribution in [0.5, 0.6) is 0 Å². The molecule has 0 fully saturated rings. The van der Waals surface area contributed by atoms with Gasteiger partial charge in [-0.05, 0) is 12.1 Å². The Balaban J connectivity index is 1.50. The van der Waals surface area contributed by atoms with E-state index in [0.717, 1.165) is 10.1 Å². The summed E-state index contributed by atoms with van der Waals surface area (Å²) in [7, 11) is 2.88. The first-order valence-electron chi connectivity index (χ1n) is 9.27. The molecule has 13 heteroatoms. The Kier molecular flexibility index (Phi) is 5.32. The van der Waals surface area contributed by atoms with E-state index in [1.165, 1.54) is 40.9 Å². The number of anilines is 2. The van der Waals surface area contributed by atoms with Crippen molar-refractivity contribution in [3.05, 3.63) is 56.8 Å². The number of imidazole rings is 1. The van der Waals surface area contributed by atoms with Gasteiger partial charge in [0.15, 0.2) is 16.3 Å². The monoisotopic (exact) mass is 454 g/mol. The first-order chi connectivity index (χ1) is 15.2. The number of nitrogens with one attached hydrogen (secondary N) is 2. The van der Waals surface area contributed by atoms with Crippen molar-refractivity contribution in [2.45, 2.75) is 6.54 Å². The number of carbonyl (C=O) groups excluding carboxylic acids is 2. The quantitative estimate of drug-likeness (QED) is 0.402. The molecule has 3 heterocycles. The van der Waals surface area contributed by atoms with E-state index < -0.39 is 23.2 Å². The largest absolute Gasteiger partial charge is 0.351 e. The van der Waals surface area contributed by atoms with Crippen molar-refractivity contribution in [2.24, 2.45) is 19.8 Å². The van der Waals surface area contributed by atoms with E-state index in [-0.39, 0.29) is 17.7 Å². The van der Waals surface area contributed by atoms with E-state index in [4.69, 9.17) is 5.73 Å². The minimum atomic E-state index is -0.651. The van der Waals surface area contributed by atoms with Gasteiger partial charge in [0, 0.05) is 30.7 Å². The number of rotatable bonds is 5. The van der Waals surface area contributed by atoms with Crippen LogP contribution in [0, 0.1) is 0 Å². The van der Waals surface area contributed by atoms with Crippen LogP contribution < -0.4 is 27.6 Å². The highest BCUT2D eigenvalue weighted by Crippen LogP contribution is 2.26. The van der Waals surface area contributed by atoms with Gasteiger partial charge < -0.3 is 20.9 Å². The summed E-state index contributed by atoms with van der Waals surface area (Å²) in [4.78, 5) is 56.4. The minimum absolute atomic E-state index is 0.161. The van der Waals surface area contributed by atoms with Crippen molar-refractivity contribution in [3.8, 4) is 11.3 Å². The normalized spacial score (nSPS) is 10.9. The van der Waals surface area contributed by atoms with Crippen molar-refractivity contribution in [3.63, 3.8) is 0 Å². The minimum Gasteiger partial charge on any atom is -0.351 e. The molecule has 0 unspecified atom stereocenters. The van der Waals surface area contributed by atoms with Gasteiger partial charge in [-0.3, -0.25) is 18.7 Å². The molecule has 0 spiro atoms. The van der Waals surface area contributed by atoms with Crippen LogP contribution in [0.2, 0.25) is 0 Å². The molecule has 1 aromatic carbocycles. The number of urea groups is 1. The highest BCUT2D eigenvalue weighted by atomic mass is 32.1. The second-order valence-corrected chi connectivity index (χ2v) is 7.76. The number of benzene rings is 1. The Bertz CT molecular complexity index is 1460. The van der Waals surface area contributed by atoms with Crippen LogP contribution in [0.15, 0.2) is 45.6 Å². The zero-order valence-electron chi connectivity index (χ0n) is 17.0. The van der Waals surface area contributed by atoms with Crippen LogP contribution in [0.3, 0.4) is 0 Å². The summed E-state index contributed by atoms with van der Waals surface area (Å²) in [6.07, 6.45) is 1.35. The average molecular weight is 454 g/mol. The second kappa shape index (κ2) is 8.11. The summed E-state index contributed by atoms with van der Waals surface area (Å²) in [5.41, 5.74) is 6.43. The molecule has 0 saturated heterocycles. The first-order valence-corrected chi connectivity index (χ1v) is 10.2. The molecular formula is C19H18N8O4S. The zero-order chi connectivity index (χ0) is 23.0. The standard InChI is InChI=1S/C19H18N8O4S/c1-25-15-14(16(29)26(2)19(25)31)27(9-21-15)7-13(28)24-18-23-12(8-32-18)10-3-5-11(6-4-10)22-17(20)30/h3-6,8-9H,7H2,1-2H3,(H3,20,22,30)(H,23,24,28). The number of fused-ring (bicyclic) bond motifs is 1. The molecule has 0 aliphatic heterocycles. The van der Waals surface area contributed by atoms with E-state index in [9.17, 15) is 19.2 Å². The van der Waals surface area contributed by atoms with Gasteiger partial charge in [-0.25, -0.2) is 19.6 Å². The number of hydrogen-bond acceptors (Lipinski definition) is 7. The van der Waals surface area contributed by atoms with E-state index in [2.05, 4.69) is 20.6 Å². The molecule has 3 aromatic heterocycles. The van der Waals surface area contributed by atoms with E-state index in [1.54, 1.807) is 29.6 Å². The molecule has 0 atom stereocenters. The third-order valence-electron chi connectivity index (χ3n) is 4.73. The molecular weight excluding hydrogens is 436 g/mol. The fraction of sp³-hybridized carbons (Fsp3) is 0.158. The Labute approximate surface area is 183 Å². The molecule has 0 bridgehead atoms. The average Bonchev–Trinajstić information content (AvgIpc) is 3.38. The molecule has 0 aliphatic carbocycles. The Morgan fingerprint density at radius 1 is 1.09 bits per heavy atom. The first kappa shape index (κ1) is 21.0. The molecule has 0 radical (unpaired) electrons. The number of hydrogen-bond donors (Lipinski definition) is 3. The third-order valence-corrected chi connectivity index (χ3v) is 5.49. The van der Waals surface area contributed by atoms with Crippen LogP contribution in [0.25, 0.3) is 22.4 Å². The maximum atomic E-state index is 12.5. The van der Waals surface area contributed by atoms with Crippen LogP contribution in [-0.2, 0) is 25.4 Å². The van der Waals surface area contributed by atoms with Gasteiger partial charge >= 0.3 is 11.7 Å². The van der Waals surface area contributed by atoms with Crippen molar-refractivity contribution in [2.75, 3.05) is 10.6 Å². The Morgan fingerprint density at radius 2 is 1.81 bits per heavy atom. The molecule has 0 aliphatic rings. The van der Waals surface area contributed by atoms with E-state index >= 15 is 0 Å². The lowest BCUT2D eigenvalue weighted by atomic mass is 10.1. The smallest absolute Gasteiger partial charge is 0.332 e. The maximum Gasteiger partial charge on any atom is 0.332 e.